The van der Waals surface area contributed by atoms with E-state index in [1.54, 1.807) is 12.1 Å². The molecule has 1 unspecified atom stereocenters. The van der Waals surface area contributed by atoms with Crippen molar-refractivity contribution in [2.24, 2.45) is 5.92 Å². The third-order valence-corrected chi connectivity index (χ3v) is 6.18. The van der Waals surface area contributed by atoms with Crippen LogP contribution < -0.4 is 10.3 Å². The third-order valence-electron chi connectivity index (χ3n) is 6.18. The number of halogens is 3. The number of benzene rings is 3. The molecule has 3 aromatic carbocycles. The van der Waals surface area contributed by atoms with Gasteiger partial charge in [0.1, 0.15) is 17.9 Å². The number of carboxylic acids is 1. The lowest BCUT2D eigenvalue weighted by molar-refractivity contribution is -0.142. The minimum Gasteiger partial charge on any atom is -0.489 e. The summed E-state index contributed by atoms with van der Waals surface area (Å²) in [6.45, 7) is 1.71. The van der Waals surface area contributed by atoms with Crippen LogP contribution in [0.3, 0.4) is 0 Å². The Morgan fingerprint density at radius 3 is 2.49 bits per heavy atom. The molecule has 4 aromatic rings. The Morgan fingerprint density at radius 1 is 1.05 bits per heavy atom. The van der Waals surface area contributed by atoms with E-state index in [-0.39, 0.29) is 37.1 Å². The first kappa shape index (κ1) is 27.5. The molecule has 0 amide bonds. The van der Waals surface area contributed by atoms with E-state index in [4.69, 9.17) is 4.74 Å². The molecule has 39 heavy (non-hydrogen) atoms. The normalized spacial score (nSPS) is 12.3. The molecule has 0 saturated carbocycles. The number of fused-ring (bicyclic) bond motifs is 1. The van der Waals surface area contributed by atoms with Gasteiger partial charge in [0, 0.05) is 18.5 Å². The van der Waals surface area contributed by atoms with Gasteiger partial charge in [0.25, 0.3) is 5.56 Å². The van der Waals surface area contributed by atoms with Crippen molar-refractivity contribution in [2.45, 2.75) is 39.1 Å². The zero-order valence-corrected chi connectivity index (χ0v) is 20.8. The first-order chi connectivity index (χ1) is 18.5. The van der Waals surface area contributed by atoms with Gasteiger partial charge in [-0.2, -0.15) is 13.2 Å². The van der Waals surface area contributed by atoms with Crippen LogP contribution in [0.15, 0.2) is 71.5 Å². The Labute approximate surface area is 220 Å². The second kappa shape index (κ2) is 11.5. The molecular formula is C28H24F3N3O5. The molecule has 1 heterocycles. The summed E-state index contributed by atoms with van der Waals surface area (Å²) in [6.07, 6.45) is -4.76. The number of hydrogen-bond acceptors (Lipinski definition) is 6. The molecule has 4 rings (SSSR count). The summed E-state index contributed by atoms with van der Waals surface area (Å²) in [5.74, 6) is -2.32. The summed E-state index contributed by atoms with van der Waals surface area (Å²) < 4.78 is 45.3. The number of aryl methyl sites for hydroxylation is 2. The quantitative estimate of drug-likeness (QED) is 0.280. The van der Waals surface area contributed by atoms with Crippen molar-refractivity contribution >= 4 is 22.7 Å². The van der Waals surface area contributed by atoms with Gasteiger partial charge < -0.3 is 9.84 Å². The van der Waals surface area contributed by atoms with Crippen LogP contribution in [-0.2, 0) is 24.1 Å². The Hall–Kier alpha value is -4.54. The van der Waals surface area contributed by atoms with Crippen molar-refractivity contribution < 1.29 is 32.6 Å². The number of aromatic nitrogens is 3. The number of ether oxygens (including phenoxy) is 1. The highest BCUT2D eigenvalue weighted by Gasteiger charge is 2.30. The molecule has 0 radical (unpaired) electrons. The summed E-state index contributed by atoms with van der Waals surface area (Å²) in [5.41, 5.74) is 0.741. The minimum atomic E-state index is -4.45. The molecule has 0 bridgehead atoms. The van der Waals surface area contributed by atoms with Crippen molar-refractivity contribution in [2.75, 3.05) is 0 Å². The molecule has 1 N–H and O–H groups in total. The van der Waals surface area contributed by atoms with Gasteiger partial charge in [0.05, 0.1) is 16.9 Å². The highest BCUT2D eigenvalue weighted by atomic mass is 19.4. The van der Waals surface area contributed by atoms with Crippen molar-refractivity contribution in [3.63, 3.8) is 0 Å². The number of hydrogen-bond donors (Lipinski definition) is 1. The number of carbonyl (C=O) groups is 2. The van der Waals surface area contributed by atoms with E-state index in [1.165, 1.54) is 36.4 Å². The van der Waals surface area contributed by atoms with Crippen LogP contribution in [0.4, 0.5) is 13.2 Å². The van der Waals surface area contributed by atoms with Crippen molar-refractivity contribution in [1.29, 1.82) is 0 Å². The van der Waals surface area contributed by atoms with Crippen LogP contribution in [0, 0.1) is 12.8 Å². The van der Waals surface area contributed by atoms with Gasteiger partial charge in [-0.1, -0.05) is 29.0 Å². The average molecular weight is 540 g/mol. The molecule has 8 nitrogen and oxygen atoms in total. The van der Waals surface area contributed by atoms with E-state index in [1.807, 2.05) is 13.0 Å². The number of Topliss-reactive ketones (excluding diaryl/α,β-unsaturated/α-hetero) is 1. The summed E-state index contributed by atoms with van der Waals surface area (Å²) in [5, 5.41) is 17.9. The first-order valence-electron chi connectivity index (χ1n) is 12.0. The molecule has 0 aliphatic heterocycles. The lowest BCUT2D eigenvalue weighted by Crippen LogP contribution is -2.27. The van der Waals surface area contributed by atoms with Gasteiger partial charge in [-0.15, -0.1) is 5.10 Å². The number of ketones is 1. The minimum absolute atomic E-state index is 0.00876. The van der Waals surface area contributed by atoms with Crippen LogP contribution >= 0.6 is 0 Å². The molecule has 1 aromatic heterocycles. The maximum Gasteiger partial charge on any atom is 0.416 e. The molecule has 202 valence electrons. The predicted octanol–water partition coefficient (Wildman–Crippen LogP) is 5.06. The van der Waals surface area contributed by atoms with E-state index < -0.39 is 29.4 Å². The fourth-order valence-electron chi connectivity index (χ4n) is 4.01. The number of carbonyl (C=O) groups excluding carboxylic acids is 1. The standard InChI is InChI=1S/C28H24F3N3O5/c1-17-5-10-24-23(13-17)26(36)34(33-32-24)12-11-20(27(37)38)15-25(35)19-6-8-22(9-7-19)39-16-18-3-2-4-21(14-18)28(29,30)31/h2-10,13-14,20H,11-12,15-16H2,1H3,(H,37,38). The SMILES string of the molecule is Cc1ccc2nnn(CCC(CC(=O)c3ccc(OCc4cccc(C(F)(F)F)c4)cc3)C(=O)O)c(=O)c2c1. The van der Waals surface area contributed by atoms with Crippen molar-refractivity contribution in [1.82, 2.24) is 15.0 Å². The fourth-order valence-corrected chi connectivity index (χ4v) is 4.01. The number of aliphatic carboxylic acids is 1. The van der Waals surface area contributed by atoms with Gasteiger partial charge >= 0.3 is 12.1 Å². The van der Waals surface area contributed by atoms with Crippen molar-refractivity contribution in [3.05, 3.63) is 99.3 Å². The largest absolute Gasteiger partial charge is 0.489 e. The van der Waals surface area contributed by atoms with Crippen LogP contribution in [0.2, 0.25) is 0 Å². The smallest absolute Gasteiger partial charge is 0.416 e. The number of nitrogens with zero attached hydrogens (tertiary/aromatic N) is 3. The van der Waals surface area contributed by atoms with Crippen LogP contribution in [-0.4, -0.2) is 31.9 Å². The van der Waals surface area contributed by atoms with Gasteiger partial charge in [-0.3, -0.25) is 14.4 Å². The van der Waals surface area contributed by atoms with Gasteiger partial charge in [0.15, 0.2) is 5.78 Å². The van der Waals surface area contributed by atoms with Gasteiger partial charge in [-0.25, -0.2) is 4.68 Å². The molecule has 0 aliphatic carbocycles. The summed E-state index contributed by atoms with van der Waals surface area (Å²) in [7, 11) is 0. The molecule has 0 fully saturated rings. The van der Waals surface area contributed by atoms with Crippen LogP contribution in [0.25, 0.3) is 10.9 Å². The maximum absolute atomic E-state index is 12.9. The van der Waals surface area contributed by atoms with E-state index in [0.29, 0.717) is 22.2 Å². The predicted molar refractivity (Wildman–Crippen MR) is 135 cm³/mol. The number of alkyl halides is 3. The van der Waals surface area contributed by atoms with E-state index in [2.05, 4.69) is 10.3 Å². The molecule has 0 aliphatic rings. The van der Waals surface area contributed by atoms with E-state index in [0.717, 1.165) is 22.4 Å². The topological polar surface area (TPSA) is 111 Å². The van der Waals surface area contributed by atoms with Gasteiger partial charge in [0.2, 0.25) is 0 Å². The lowest BCUT2D eigenvalue weighted by Gasteiger charge is -2.13. The van der Waals surface area contributed by atoms with Gasteiger partial charge in [-0.05, 0) is 67.4 Å². The van der Waals surface area contributed by atoms with Crippen LogP contribution in [0.5, 0.6) is 5.75 Å². The summed E-state index contributed by atoms with van der Waals surface area (Å²) in [4.78, 5) is 37.3. The molecule has 11 heteroatoms. The number of rotatable bonds is 10. The maximum atomic E-state index is 12.9. The highest BCUT2D eigenvalue weighted by molar-refractivity contribution is 5.98. The Bertz CT molecular complexity index is 1570. The zero-order chi connectivity index (χ0) is 28.2. The van der Waals surface area contributed by atoms with E-state index in [9.17, 15) is 32.7 Å². The molecular weight excluding hydrogens is 515 g/mol. The van der Waals surface area contributed by atoms with E-state index >= 15 is 0 Å². The highest BCUT2D eigenvalue weighted by Crippen LogP contribution is 2.30. The Kier molecular flexibility index (Phi) is 8.08. The summed E-state index contributed by atoms with van der Waals surface area (Å²) >= 11 is 0. The first-order valence-corrected chi connectivity index (χ1v) is 12.0. The second-order valence-corrected chi connectivity index (χ2v) is 9.10. The molecule has 0 saturated heterocycles. The Morgan fingerprint density at radius 2 is 1.79 bits per heavy atom. The monoisotopic (exact) mass is 539 g/mol. The number of carboxylic acid groups (broad SMARTS) is 1. The lowest BCUT2D eigenvalue weighted by atomic mass is 9.95. The Balaban J connectivity index is 1.36. The fraction of sp³-hybridized carbons (Fsp3) is 0.250. The summed E-state index contributed by atoms with van der Waals surface area (Å²) in [6, 6.07) is 15.9. The third kappa shape index (κ3) is 6.86. The molecule has 0 spiro atoms. The van der Waals surface area contributed by atoms with Crippen molar-refractivity contribution in [3.8, 4) is 5.75 Å². The van der Waals surface area contributed by atoms with Crippen LogP contribution in [0.1, 0.15) is 39.9 Å². The average Bonchev–Trinajstić information content (AvgIpc) is 2.91. The second-order valence-electron chi connectivity index (χ2n) is 9.10. The zero-order valence-electron chi connectivity index (χ0n) is 20.8. The molecule has 1 atom stereocenters.